The number of hydrogen-bond donors (Lipinski definition) is 3. The maximum absolute atomic E-state index is 9.79. The van der Waals surface area contributed by atoms with Crippen molar-refractivity contribution in [3.05, 3.63) is 17.7 Å². The van der Waals surface area contributed by atoms with Crippen molar-refractivity contribution in [2.24, 2.45) is 5.92 Å². The normalized spacial score (nSPS) is 21.5. The minimum Gasteiger partial charge on any atom is -0.493 e. The van der Waals surface area contributed by atoms with Crippen LogP contribution in [0.2, 0.25) is 0 Å². The van der Waals surface area contributed by atoms with Gasteiger partial charge in [-0.15, -0.1) is 11.8 Å². The molecule has 3 N–H and O–H groups in total. The third-order valence-electron chi connectivity index (χ3n) is 3.81. The number of aliphatic hydroxyl groups is 1. The number of nitrogens with one attached hydrogen (secondary N) is 2. The van der Waals surface area contributed by atoms with E-state index in [4.69, 9.17) is 9.47 Å². The van der Waals surface area contributed by atoms with Crippen LogP contribution in [0.5, 0.6) is 11.5 Å². The Morgan fingerprint density at radius 1 is 1.29 bits per heavy atom. The van der Waals surface area contributed by atoms with Gasteiger partial charge in [-0.05, 0) is 24.0 Å². The average Bonchev–Trinajstić information content (AvgIpc) is 2.92. The molecule has 0 aromatic heterocycles. The van der Waals surface area contributed by atoms with Crippen LogP contribution in [0.4, 0.5) is 0 Å². The van der Waals surface area contributed by atoms with Gasteiger partial charge in [-0.25, -0.2) is 0 Å². The van der Waals surface area contributed by atoms with Crippen LogP contribution in [-0.2, 0) is 6.54 Å². The zero-order valence-corrected chi connectivity index (χ0v) is 13.6. The SMILES string of the molecule is COc1cc(CNCC2CNCC2O)c(SC)cc1OC. The topological polar surface area (TPSA) is 62.8 Å². The summed E-state index contributed by atoms with van der Waals surface area (Å²) in [6.45, 7) is 3.12. The van der Waals surface area contributed by atoms with Crippen molar-refractivity contribution >= 4 is 11.8 Å². The second-order valence-electron chi connectivity index (χ2n) is 5.14. The standard InChI is InChI=1S/C15H24N2O3S/c1-19-13-4-10(15(21-3)5-14(13)20-2)6-16-7-11-8-17-9-12(11)18/h4-5,11-12,16-18H,6-9H2,1-3H3. The summed E-state index contributed by atoms with van der Waals surface area (Å²) in [5.41, 5.74) is 1.18. The number of benzene rings is 1. The molecule has 1 aliphatic heterocycles. The van der Waals surface area contributed by atoms with Crippen molar-refractivity contribution in [2.45, 2.75) is 17.5 Å². The Morgan fingerprint density at radius 3 is 2.57 bits per heavy atom. The average molecular weight is 312 g/mol. The Bertz CT molecular complexity index is 470. The molecule has 1 fully saturated rings. The molecule has 21 heavy (non-hydrogen) atoms. The van der Waals surface area contributed by atoms with E-state index in [1.807, 2.05) is 12.1 Å². The summed E-state index contributed by atoms with van der Waals surface area (Å²) in [6, 6.07) is 4.02. The molecule has 2 unspecified atom stereocenters. The molecule has 118 valence electrons. The number of β-amino-alcohol motifs (C(OH)–C–C–N with tert-alkyl or cyclic N) is 1. The fourth-order valence-electron chi connectivity index (χ4n) is 2.55. The lowest BCUT2D eigenvalue weighted by Gasteiger charge is -2.17. The van der Waals surface area contributed by atoms with Gasteiger partial charge >= 0.3 is 0 Å². The maximum Gasteiger partial charge on any atom is 0.161 e. The van der Waals surface area contributed by atoms with Crippen molar-refractivity contribution in [1.29, 1.82) is 0 Å². The van der Waals surface area contributed by atoms with Crippen molar-refractivity contribution in [3.8, 4) is 11.5 Å². The summed E-state index contributed by atoms with van der Waals surface area (Å²) in [6.07, 6.45) is 1.80. The minimum atomic E-state index is -0.247. The zero-order valence-electron chi connectivity index (χ0n) is 12.8. The zero-order chi connectivity index (χ0) is 15.2. The Balaban J connectivity index is 2.01. The molecule has 0 aliphatic carbocycles. The lowest BCUT2D eigenvalue weighted by molar-refractivity contribution is 0.146. The molecule has 5 nitrogen and oxygen atoms in total. The molecule has 0 spiro atoms. The van der Waals surface area contributed by atoms with Gasteiger partial charge < -0.3 is 25.2 Å². The predicted octanol–water partition coefficient (Wildman–Crippen LogP) is 1.10. The number of thioether (sulfide) groups is 1. The Morgan fingerprint density at radius 2 is 2.00 bits per heavy atom. The highest BCUT2D eigenvalue weighted by Crippen LogP contribution is 2.34. The molecule has 1 aliphatic rings. The molecule has 0 radical (unpaired) electrons. The van der Waals surface area contributed by atoms with Gasteiger partial charge in [-0.1, -0.05) is 0 Å². The highest BCUT2D eigenvalue weighted by molar-refractivity contribution is 7.98. The van der Waals surface area contributed by atoms with Crippen molar-refractivity contribution < 1.29 is 14.6 Å². The highest BCUT2D eigenvalue weighted by atomic mass is 32.2. The first-order valence-corrected chi connectivity index (χ1v) is 8.30. The lowest BCUT2D eigenvalue weighted by Crippen LogP contribution is -2.30. The Hall–Kier alpha value is -0.950. The lowest BCUT2D eigenvalue weighted by atomic mass is 10.1. The van der Waals surface area contributed by atoms with E-state index < -0.39 is 0 Å². The van der Waals surface area contributed by atoms with E-state index in [2.05, 4.69) is 16.9 Å². The smallest absolute Gasteiger partial charge is 0.161 e. The molecule has 0 bridgehead atoms. The van der Waals surface area contributed by atoms with Gasteiger partial charge in [0.1, 0.15) is 0 Å². The molecule has 1 aromatic rings. The van der Waals surface area contributed by atoms with Crippen LogP contribution in [-0.4, -0.2) is 51.3 Å². The van der Waals surface area contributed by atoms with Crippen LogP contribution < -0.4 is 20.1 Å². The van der Waals surface area contributed by atoms with Crippen LogP contribution in [0.3, 0.4) is 0 Å². The first kappa shape index (κ1) is 16.4. The van der Waals surface area contributed by atoms with Gasteiger partial charge in [0.2, 0.25) is 0 Å². The molecule has 6 heteroatoms. The molecule has 1 saturated heterocycles. The second-order valence-corrected chi connectivity index (χ2v) is 5.98. The van der Waals surface area contributed by atoms with Crippen LogP contribution >= 0.6 is 11.8 Å². The van der Waals surface area contributed by atoms with Gasteiger partial charge in [-0.3, -0.25) is 0 Å². The summed E-state index contributed by atoms with van der Waals surface area (Å²) in [5.74, 6) is 1.78. The summed E-state index contributed by atoms with van der Waals surface area (Å²) in [5, 5.41) is 16.4. The highest BCUT2D eigenvalue weighted by Gasteiger charge is 2.24. The number of methoxy groups -OCH3 is 2. The first-order chi connectivity index (χ1) is 10.2. The van der Waals surface area contributed by atoms with Crippen molar-refractivity contribution in [2.75, 3.05) is 40.1 Å². The summed E-state index contributed by atoms with van der Waals surface area (Å²) in [4.78, 5) is 1.17. The summed E-state index contributed by atoms with van der Waals surface area (Å²) < 4.78 is 10.7. The number of ether oxygens (including phenoxy) is 2. The fourth-order valence-corrected chi connectivity index (χ4v) is 3.17. The largest absolute Gasteiger partial charge is 0.493 e. The third kappa shape index (κ3) is 4.03. The minimum absolute atomic E-state index is 0.247. The molecular formula is C15H24N2O3S. The second kappa shape index (κ2) is 7.89. The van der Waals surface area contributed by atoms with Crippen LogP contribution in [0, 0.1) is 5.92 Å². The summed E-state index contributed by atoms with van der Waals surface area (Å²) >= 11 is 1.69. The van der Waals surface area contributed by atoms with Gasteiger partial charge in [-0.2, -0.15) is 0 Å². The van der Waals surface area contributed by atoms with Crippen LogP contribution in [0.1, 0.15) is 5.56 Å². The van der Waals surface area contributed by atoms with E-state index in [1.54, 1.807) is 26.0 Å². The molecule has 1 heterocycles. The number of rotatable bonds is 7. The van der Waals surface area contributed by atoms with E-state index in [-0.39, 0.29) is 12.0 Å². The van der Waals surface area contributed by atoms with E-state index >= 15 is 0 Å². The monoisotopic (exact) mass is 312 g/mol. The van der Waals surface area contributed by atoms with Crippen molar-refractivity contribution in [1.82, 2.24) is 10.6 Å². The first-order valence-electron chi connectivity index (χ1n) is 7.08. The van der Waals surface area contributed by atoms with E-state index in [1.165, 1.54) is 10.5 Å². The molecule has 2 rings (SSSR count). The predicted molar refractivity (Wildman–Crippen MR) is 85.4 cm³/mol. The summed E-state index contributed by atoms with van der Waals surface area (Å²) in [7, 11) is 3.29. The van der Waals surface area contributed by atoms with Gasteiger partial charge in [0.05, 0.1) is 20.3 Å². The Kier molecular flexibility index (Phi) is 6.17. The molecule has 0 amide bonds. The van der Waals surface area contributed by atoms with Gasteiger partial charge in [0.15, 0.2) is 11.5 Å². The number of hydrogen-bond acceptors (Lipinski definition) is 6. The van der Waals surface area contributed by atoms with Gasteiger partial charge in [0.25, 0.3) is 0 Å². The fraction of sp³-hybridized carbons (Fsp3) is 0.600. The molecular weight excluding hydrogens is 288 g/mol. The van der Waals surface area contributed by atoms with Crippen LogP contribution in [0.15, 0.2) is 17.0 Å². The quantitative estimate of drug-likeness (QED) is 0.655. The third-order valence-corrected chi connectivity index (χ3v) is 4.63. The number of aliphatic hydroxyl groups excluding tert-OH is 1. The Labute approximate surface area is 130 Å². The molecule has 0 saturated carbocycles. The molecule has 1 aromatic carbocycles. The van der Waals surface area contributed by atoms with Crippen LogP contribution in [0.25, 0.3) is 0 Å². The van der Waals surface area contributed by atoms with E-state index in [0.717, 1.165) is 31.1 Å². The van der Waals surface area contributed by atoms with Gasteiger partial charge in [0, 0.05) is 37.0 Å². The maximum atomic E-state index is 9.79. The van der Waals surface area contributed by atoms with E-state index in [0.29, 0.717) is 6.54 Å². The van der Waals surface area contributed by atoms with Crippen molar-refractivity contribution in [3.63, 3.8) is 0 Å². The molecule has 2 atom stereocenters. The van der Waals surface area contributed by atoms with E-state index in [9.17, 15) is 5.11 Å².